The summed E-state index contributed by atoms with van der Waals surface area (Å²) in [6, 6.07) is 12.4. The lowest BCUT2D eigenvalue weighted by molar-refractivity contribution is 0.00732. The second kappa shape index (κ2) is 11.4. The number of carbonyl (C=O) groups is 2. The summed E-state index contributed by atoms with van der Waals surface area (Å²) in [4.78, 5) is 39.8. The van der Waals surface area contributed by atoms with Crippen LogP contribution >= 0.6 is 27.3 Å². The van der Waals surface area contributed by atoms with Crippen molar-refractivity contribution in [3.63, 3.8) is 0 Å². The molecule has 2 amide bonds. The third-order valence-electron chi connectivity index (χ3n) is 5.77. The standard InChI is InChI=1S/C26H22BrN7O5S/c1-26(39-25(28)36,12-15-6-4-3-5-7-15)24-33-32-22(38-24)18-11-16(10-17(30-18)21-29-8-9-37-21)23(35)34(2)13-20-31-19(27)14-40-20/h3-11,14H,12-13H2,1-2H3,(H2,28,36)/t26-/m1/s1. The van der Waals surface area contributed by atoms with Crippen LogP contribution in [0.3, 0.4) is 0 Å². The van der Waals surface area contributed by atoms with Crippen LogP contribution in [0.4, 0.5) is 4.79 Å². The molecular formula is C26H22BrN7O5S. The van der Waals surface area contributed by atoms with Crippen LogP contribution in [0, 0.1) is 0 Å². The number of benzene rings is 1. The van der Waals surface area contributed by atoms with Gasteiger partial charge in [0.2, 0.25) is 5.89 Å². The zero-order chi connectivity index (χ0) is 28.3. The maximum atomic E-state index is 13.4. The van der Waals surface area contributed by atoms with Crippen molar-refractivity contribution >= 4 is 39.3 Å². The first kappa shape index (κ1) is 27.1. The molecule has 0 saturated carbocycles. The molecule has 14 heteroatoms. The molecule has 4 heterocycles. The van der Waals surface area contributed by atoms with Crippen LogP contribution in [0.5, 0.6) is 0 Å². The van der Waals surface area contributed by atoms with E-state index in [2.05, 4.69) is 41.1 Å². The number of nitrogens with zero attached hydrogens (tertiary/aromatic N) is 6. The van der Waals surface area contributed by atoms with Gasteiger partial charge in [0.15, 0.2) is 5.60 Å². The topological polar surface area (TPSA) is 163 Å². The summed E-state index contributed by atoms with van der Waals surface area (Å²) < 4.78 is 17.5. The Kier molecular flexibility index (Phi) is 7.71. The fourth-order valence-corrected chi connectivity index (χ4v) is 5.30. The van der Waals surface area contributed by atoms with Gasteiger partial charge < -0.3 is 24.2 Å². The lowest BCUT2D eigenvalue weighted by Gasteiger charge is -2.25. The third kappa shape index (κ3) is 6.07. The second-order valence-electron chi connectivity index (χ2n) is 8.92. The highest BCUT2D eigenvalue weighted by Gasteiger charge is 2.37. The maximum absolute atomic E-state index is 13.4. The minimum absolute atomic E-state index is 0.00341. The number of hydrogen-bond donors (Lipinski definition) is 1. The van der Waals surface area contributed by atoms with Gasteiger partial charge in [0.25, 0.3) is 17.7 Å². The lowest BCUT2D eigenvalue weighted by atomic mass is 9.96. The van der Waals surface area contributed by atoms with E-state index in [1.54, 1.807) is 20.0 Å². The van der Waals surface area contributed by atoms with Crippen LogP contribution in [0.1, 0.15) is 33.7 Å². The predicted octanol–water partition coefficient (Wildman–Crippen LogP) is 4.83. The van der Waals surface area contributed by atoms with E-state index in [0.29, 0.717) is 11.1 Å². The van der Waals surface area contributed by atoms with Gasteiger partial charge in [-0.05, 0) is 40.5 Å². The van der Waals surface area contributed by atoms with Gasteiger partial charge in [0.1, 0.15) is 27.3 Å². The van der Waals surface area contributed by atoms with Crippen molar-refractivity contribution in [3.05, 3.63) is 86.9 Å². The van der Waals surface area contributed by atoms with Crippen LogP contribution in [-0.2, 0) is 23.3 Å². The van der Waals surface area contributed by atoms with Gasteiger partial charge in [0, 0.05) is 24.4 Å². The van der Waals surface area contributed by atoms with Crippen molar-refractivity contribution in [2.75, 3.05) is 7.05 Å². The Balaban J connectivity index is 1.50. The molecule has 0 saturated heterocycles. The molecule has 0 bridgehead atoms. The van der Waals surface area contributed by atoms with E-state index in [1.165, 1.54) is 34.8 Å². The highest BCUT2D eigenvalue weighted by Crippen LogP contribution is 2.32. The van der Waals surface area contributed by atoms with Gasteiger partial charge in [-0.3, -0.25) is 4.79 Å². The molecule has 0 aliphatic heterocycles. The molecule has 0 aliphatic carbocycles. The minimum atomic E-state index is -1.36. The Morgan fingerprint density at radius 1 is 1.12 bits per heavy atom. The number of amides is 2. The van der Waals surface area contributed by atoms with Gasteiger partial charge in [-0.15, -0.1) is 21.5 Å². The quantitative estimate of drug-likeness (QED) is 0.240. The first-order valence-corrected chi connectivity index (χ1v) is 13.5. The molecular weight excluding hydrogens is 602 g/mol. The number of thiazole rings is 1. The molecule has 1 atom stereocenters. The van der Waals surface area contributed by atoms with Gasteiger partial charge in [-0.2, -0.15) is 0 Å². The van der Waals surface area contributed by atoms with Crippen LogP contribution in [0.2, 0.25) is 0 Å². The Morgan fingerprint density at radius 2 is 1.88 bits per heavy atom. The zero-order valence-corrected chi connectivity index (χ0v) is 23.7. The van der Waals surface area contributed by atoms with E-state index in [0.717, 1.165) is 10.6 Å². The molecule has 2 N–H and O–H groups in total. The average Bonchev–Trinajstić information content (AvgIpc) is 3.71. The number of halogens is 1. The van der Waals surface area contributed by atoms with Crippen LogP contribution < -0.4 is 5.73 Å². The summed E-state index contributed by atoms with van der Waals surface area (Å²) in [5, 5.41) is 10.9. The van der Waals surface area contributed by atoms with E-state index in [1.807, 2.05) is 35.7 Å². The van der Waals surface area contributed by atoms with Crippen LogP contribution in [-0.4, -0.2) is 49.1 Å². The van der Waals surface area contributed by atoms with Crippen molar-refractivity contribution in [1.82, 2.24) is 30.0 Å². The Hall–Kier alpha value is -4.43. The zero-order valence-electron chi connectivity index (χ0n) is 21.3. The van der Waals surface area contributed by atoms with Crippen LogP contribution in [0.25, 0.3) is 23.2 Å². The molecule has 0 radical (unpaired) electrons. The monoisotopic (exact) mass is 623 g/mol. The normalized spacial score (nSPS) is 12.6. The van der Waals surface area contributed by atoms with E-state index < -0.39 is 11.7 Å². The summed E-state index contributed by atoms with van der Waals surface area (Å²) in [5.74, 6) is -0.0919. The number of hydrogen-bond acceptors (Lipinski definition) is 11. The van der Waals surface area contributed by atoms with Crippen molar-refractivity contribution < 1.29 is 23.2 Å². The summed E-state index contributed by atoms with van der Waals surface area (Å²) in [6.45, 7) is 1.92. The molecule has 204 valence electrons. The number of pyridine rings is 1. The molecule has 5 rings (SSSR count). The minimum Gasteiger partial charge on any atom is -0.443 e. The van der Waals surface area contributed by atoms with Gasteiger partial charge in [0.05, 0.1) is 12.7 Å². The van der Waals surface area contributed by atoms with E-state index in [9.17, 15) is 9.59 Å². The molecule has 40 heavy (non-hydrogen) atoms. The molecule has 0 spiro atoms. The first-order chi connectivity index (χ1) is 19.2. The Labute approximate surface area is 240 Å². The SMILES string of the molecule is CN(Cc1nc(Br)cs1)C(=O)c1cc(-c2ncco2)nc(-c2nnc([C@@](C)(Cc3ccccc3)OC(N)=O)o2)c1. The largest absolute Gasteiger partial charge is 0.443 e. The molecule has 0 unspecified atom stereocenters. The van der Waals surface area contributed by atoms with E-state index in [4.69, 9.17) is 19.3 Å². The number of rotatable bonds is 9. The first-order valence-electron chi connectivity index (χ1n) is 11.8. The second-order valence-corrected chi connectivity index (χ2v) is 10.7. The fourth-order valence-electron chi connectivity index (χ4n) is 3.98. The van der Waals surface area contributed by atoms with Gasteiger partial charge >= 0.3 is 6.09 Å². The number of primary amides is 1. The average molecular weight is 624 g/mol. The number of oxazole rings is 1. The van der Waals surface area contributed by atoms with E-state index >= 15 is 0 Å². The molecule has 12 nitrogen and oxygen atoms in total. The van der Waals surface area contributed by atoms with Crippen molar-refractivity contribution in [2.45, 2.75) is 25.5 Å². The predicted molar refractivity (Wildman–Crippen MR) is 147 cm³/mol. The molecule has 0 fully saturated rings. The summed E-state index contributed by atoms with van der Waals surface area (Å²) >= 11 is 4.76. The summed E-state index contributed by atoms with van der Waals surface area (Å²) in [5.41, 5.74) is 5.64. The summed E-state index contributed by atoms with van der Waals surface area (Å²) in [6.07, 6.45) is 2.10. The van der Waals surface area contributed by atoms with Crippen LogP contribution in [0.15, 0.2) is 73.7 Å². The Morgan fingerprint density at radius 3 is 2.52 bits per heavy atom. The smallest absolute Gasteiger partial charge is 0.405 e. The fraction of sp³-hybridized carbons (Fsp3) is 0.192. The molecule has 1 aromatic carbocycles. The van der Waals surface area contributed by atoms with Gasteiger partial charge in [-0.1, -0.05) is 30.3 Å². The molecule has 0 aliphatic rings. The van der Waals surface area contributed by atoms with Gasteiger partial charge in [-0.25, -0.2) is 19.7 Å². The Bertz CT molecular complexity index is 1640. The number of ether oxygens (including phenoxy) is 1. The van der Waals surface area contributed by atoms with E-state index in [-0.39, 0.29) is 47.0 Å². The number of carbonyl (C=O) groups excluding carboxylic acids is 2. The third-order valence-corrected chi connectivity index (χ3v) is 7.32. The highest BCUT2D eigenvalue weighted by atomic mass is 79.9. The lowest BCUT2D eigenvalue weighted by Crippen LogP contribution is -2.34. The number of nitrogens with two attached hydrogens (primary N) is 1. The maximum Gasteiger partial charge on any atom is 0.405 e. The molecule has 4 aromatic heterocycles. The summed E-state index contributed by atoms with van der Waals surface area (Å²) in [7, 11) is 1.67. The van der Waals surface area contributed by atoms with Crippen molar-refractivity contribution in [2.24, 2.45) is 5.73 Å². The van der Waals surface area contributed by atoms with Crippen molar-refractivity contribution in [1.29, 1.82) is 0 Å². The highest BCUT2D eigenvalue weighted by molar-refractivity contribution is 9.10. The van der Waals surface area contributed by atoms with Crippen molar-refractivity contribution in [3.8, 4) is 23.2 Å². The number of aromatic nitrogens is 5. The molecule has 5 aromatic rings.